The fourth-order valence-electron chi connectivity index (χ4n) is 2.87. The molecule has 0 bridgehead atoms. The number of aromatic nitrogens is 3. The van der Waals surface area contributed by atoms with E-state index in [1.54, 1.807) is 31.3 Å². The zero-order valence-electron chi connectivity index (χ0n) is 17.4. The summed E-state index contributed by atoms with van der Waals surface area (Å²) in [5, 5.41) is 9.14. The highest BCUT2D eigenvalue weighted by molar-refractivity contribution is 7.92. The van der Waals surface area contributed by atoms with Crippen molar-refractivity contribution in [3.05, 3.63) is 52.7 Å². The summed E-state index contributed by atoms with van der Waals surface area (Å²) in [5.41, 5.74) is 1.93. The first-order valence-electron chi connectivity index (χ1n) is 9.07. The molecule has 11 heteroatoms. The molecule has 160 valence electrons. The summed E-state index contributed by atoms with van der Waals surface area (Å²) in [7, 11) is 3.00. The number of hydrogen-bond acceptors (Lipinski definition) is 7. The van der Waals surface area contributed by atoms with Crippen LogP contribution in [0.2, 0.25) is 0 Å². The maximum absolute atomic E-state index is 13.1. The summed E-state index contributed by atoms with van der Waals surface area (Å²) < 4.78 is 28.6. The number of carbonyl (C=O) groups excluding carboxylic acids is 1. The van der Waals surface area contributed by atoms with Crippen LogP contribution in [0.4, 0.5) is 10.9 Å². The first-order chi connectivity index (χ1) is 14.1. The third-order valence-electron chi connectivity index (χ3n) is 4.38. The van der Waals surface area contributed by atoms with Gasteiger partial charge >= 0.3 is 0 Å². The summed E-state index contributed by atoms with van der Waals surface area (Å²) >= 11 is 1.31. The summed E-state index contributed by atoms with van der Waals surface area (Å²) in [5.74, 6) is -0.312. The van der Waals surface area contributed by atoms with Crippen molar-refractivity contribution in [1.82, 2.24) is 19.7 Å². The van der Waals surface area contributed by atoms with Crippen molar-refractivity contribution in [2.45, 2.75) is 18.4 Å². The molecular formula is C19H24N6O3S2. The van der Waals surface area contributed by atoms with Gasteiger partial charge in [0.2, 0.25) is 0 Å². The van der Waals surface area contributed by atoms with E-state index >= 15 is 0 Å². The van der Waals surface area contributed by atoms with Gasteiger partial charge in [0.25, 0.3) is 15.9 Å². The lowest BCUT2D eigenvalue weighted by Gasteiger charge is -2.20. The van der Waals surface area contributed by atoms with Crippen LogP contribution in [0.1, 0.15) is 21.6 Å². The van der Waals surface area contributed by atoms with Crippen LogP contribution < -0.4 is 9.62 Å². The third-order valence-corrected chi connectivity index (χ3v) is 6.95. The first-order valence-corrected chi connectivity index (χ1v) is 11.4. The van der Waals surface area contributed by atoms with Crippen molar-refractivity contribution in [2.75, 3.05) is 30.8 Å². The molecule has 30 heavy (non-hydrogen) atoms. The van der Waals surface area contributed by atoms with E-state index in [0.29, 0.717) is 11.7 Å². The number of nitrogens with one attached hydrogen (secondary N) is 1. The van der Waals surface area contributed by atoms with Crippen molar-refractivity contribution in [3.8, 4) is 0 Å². The molecule has 0 saturated carbocycles. The van der Waals surface area contributed by atoms with Gasteiger partial charge in [0.05, 0.1) is 16.8 Å². The van der Waals surface area contributed by atoms with Crippen LogP contribution in [0.15, 0.2) is 40.7 Å². The maximum atomic E-state index is 13.1. The van der Waals surface area contributed by atoms with Crippen molar-refractivity contribution in [3.63, 3.8) is 0 Å². The summed E-state index contributed by atoms with van der Waals surface area (Å²) in [6, 6.07) is 6.54. The molecule has 0 aliphatic heterocycles. The number of benzene rings is 1. The molecular weight excluding hydrogens is 424 g/mol. The number of thiazole rings is 1. The van der Waals surface area contributed by atoms with E-state index in [1.165, 1.54) is 29.3 Å². The Hall–Kier alpha value is -2.76. The van der Waals surface area contributed by atoms with Crippen molar-refractivity contribution >= 4 is 38.2 Å². The van der Waals surface area contributed by atoms with Gasteiger partial charge < -0.3 is 4.90 Å². The van der Waals surface area contributed by atoms with Crippen LogP contribution in [0.3, 0.4) is 0 Å². The first kappa shape index (κ1) is 21.9. The number of hydrogen-bond donors (Lipinski definition) is 1. The van der Waals surface area contributed by atoms with Gasteiger partial charge in [-0.15, -0.1) is 11.3 Å². The quantitative estimate of drug-likeness (QED) is 0.595. The zero-order valence-corrected chi connectivity index (χ0v) is 19.1. The summed E-state index contributed by atoms with van der Waals surface area (Å²) in [4.78, 5) is 19.4. The van der Waals surface area contributed by atoms with Gasteiger partial charge in [0, 0.05) is 26.0 Å². The molecule has 0 atom stereocenters. The molecule has 2 heterocycles. The van der Waals surface area contributed by atoms with Gasteiger partial charge in [-0.2, -0.15) is 5.10 Å². The lowest BCUT2D eigenvalue weighted by atomic mass is 10.2. The van der Waals surface area contributed by atoms with Crippen LogP contribution in [-0.4, -0.2) is 55.1 Å². The number of amides is 1. The van der Waals surface area contributed by atoms with Crippen LogP contribution in [0.25, 0.3) is 0 Å². The highest BCUT2D eigenvalue weighted by Crippen LogP contribution is 2.27. The van der Waals surface area contributed by atoms with Gasteiger partial charge in [-0.25, -0.2) is 13.4 Å². The second-order valence-electron chi connectivity index (χ2n) is 7.13. The SMILES string of the molecule is Cc1ccc(S(=O)(=O)N(C)c2c(C(=O)Nc3nc(CN(C)C)cs3)cnn2C)cc1. The Morgan fingerprint density at radius 2 is 1.87 bits per heavy atom. The average molecular weight is 449 g/mol. The number of aryl methyl sites for hydroxylation is 2. The van der Waals surface area contributed by atoms with E-state index in [9.17, 15) is 13.2 Å². The standard InChI is InChI=1S/C19H24N6O3S2/c1-13-6-8-15(9-7-13)30(27,28)25(5)18-16(10-20-24(18)4)17(26)22-19-21-14(12-29-19)11-23(2)3/h6-10,12H,11H2,1-5H3,(H,21,22,26). The monoisotopic (exact) mass is 448 g/mol. The van der Waals surface area contributed by atoms with Gasteiger partial charge in [-0.05, 0) is 33.2 Å². The lowest BCUT2D eigenvalue weighted by Crippen LogP contribution is -2.30. The fraction of sp³-hybridized carbons (Fsp3) is 0.316. The fourth-order valence-corrected chi connectivity index (χ4v) is 4.81. The van der Waals surface area contributed by atoms with E-state index in [2.05, 4.69) is 15.4 Å². The smallest absolute Gasteiger partial charge is 0.265 e. The Morgan fingerprint density at radius 1 is 1.20 bits per heavy atom. The van der Waals surface area contributed by atoms with Gasteiger partial charge in [0.15, 0.2) is 10.9 Å². The molecule has 1 N–H and O–H groups in total. The zero-order chi connectivity index (χ0) is 22.1. The molecule has 3 aromatic rings. The Bertz CT molecular complexity index is 1150. The van der Waals surface area contributed by atoms with Crippen LogP contribution in [0, 0.1) is 6.92 Å². The molecule has 1 amide bonds. The molecule has 0 unspecified atom stereocenters. The normalized spacial score (nSPS) is 11.7. The van der Waals surface area contributed by atoms with Crippen LogP contribution in [0.5, 0.6) is 0 Å². The minimum Gasteiger partial charge on any atom is -0.304 e. The third kappa shape index (κ3) is 4.53. The van der Waals surface area contributed by atoms with E-state index in [0.717, 1.165) is 15.6 Å². The van der Waals surface area contributed by atoms with Crippen molar-refractivity contribution in [1.29, 1.82) is 0 Å². The van der Waals surface area contributed by atoms with E-state index in [4.69, 9.17) is 0 Å². The lowest BCUT2D eigenvalue weighted by molar-refractivity contribution is 0.102. The second kappa shape index (κ2) is 8.54. The number of carbonyl (C=O) groups is 1. The van der Waals surface area contributed by atoms with Crippen molar-refractivity contribution in [2.24, 2.45) is 7.05 Å². The minimum atomic E-state index is -3.87. The second-order valence-corrected chi connectivity index (χ2v) is 9.95. The van der Waals surface area contributed by atoms with Gasteiger partial charge in [-0.1, -0.05) is 17.7 Å². The van der Waals surface area contributed by atoms with Crippen molar-refractivity contribution < 1.29 is 13.2 Å². The van der Waals surface area contributed by atoms with Crippen LogP contribution in [-0.2, 0) is 23.6 Å². The Kier molecular flexibility index (Phi) is 6.25. The summed E-state index contributed by atoms with van der Waals surface area (Å²) in [6.45, 7) is 2.54. The summed E-state index contributed by atoms with van der Waals surface area (Å²) in [6.07, 6.45) is 1.35. The van der Waals surface area contributed by atoms with E-state index in [1.807, 2.05) is 31.3 Å². The molecule has 0 radical (unpaired) electrons. The molecule has 0 aliphatic carbocycles. The van der Waals surface area contributed by atoms with E-state index in [-0.39, 0.29) is 16.3 Å². The largest absolute Gasteiger partial charge is 0.304 e. The number of anilines is 2. The molecule has 1 aromatic carbocycles. The number of sulfonamides is 1. The maximum Gasteiger partial charge on any atom is 0.265 e. The average Bonchev–Trinajstić information content (AvgIpc) is 3.27. The predicted octanol–water partition coefficient (Wildman–Crippen LogP) is 2.32. The van der Waals surface area contributed by atoms with Gasteiger partial charge in [0.1, 0.15) is 5.56 Å². The number of rotatable bonds is 7. The molecule has 0 spiro atoms. The number of nitrogens with zero attached hydrogens (tertiary/aromatic N) is 5. The molecule has 3 rings (SSSR count). The predicted molar refractivity (Wildman–Crippen MR) is 117 cm³/mol. The minimum absolute atomic E-state index is 0.136. The molecule has 0 saturated heterocycles. The van der Waals surface area contributed by atoms with Gasteiger partial charge in [-0.3, -0.25) is 19.1 Å². The highest BCUT2D eigenvalue weighted by atomic mass is 32.2. The molecule has 2 aromatic heterocycles. The Morgan fingerprint density at radius 3 is 2.50 bits per heavy atom. The Labute approximate surface area is 180 Å². The molecule has 9 nitrogen and oxygen atoms in total. The van der Waals surface area contributed by atoms with Crippen LogP contribution >= 0.6 is 11.3 Å². The highest BCUT2D eigenvalue weighted by Gasteiger charge is 2.28. The molecule has 0 fully saturated rings. The topological polar surface area (TPSA) is 100 Å². The Balaban J connectivity index is 1.87. The molecule has 0 aliphatic rings. The van der Waals surface area contributed by atoms with E-state index < -0.39 is 15.9 Å².